The molecule has 0 unspecified atom stereocenters. The van der Waals surface area contributed by atoms with Gasteiger partial charge in [0.05, 0.1) is 12.8 Å². The van der Waals surface area contributed by atoms with Gasteiger partial charge in [0.25, 0.3) is 0 Å². The highest BCUT2D eigenvalue weighted by Gasteiger charge is 2.29. The van der Waals surface area contributed by atoms with Gasteiger partial charge in [-0.15, -0.1) is 5.10 Å². The van der Waals surface area contributed by atoms with E-state index >= 15 is 0 Å². The second-order valence-corrected chi connectivity index (χ2v) is 4.91. The van der Waals surface area contributed by atoms with Crippen LogP contribution in [0.4, 0.5) is 16.0 Å². The zero-order valence-electron chi connectivity index (χ0n) is 11.5. The van der Waals surface area contributed by atoms with Crippen molar-refractivity contribution in [2.24, 2.45) is 0 Å². The molecule has 0 bridgehead atoms. The van der Waals surface area contributed by atoms with E-state index in [1.165, 1.54) is 23.9 Å². The average Bonchev–Trinajstić information content (AvgIpc) is 3.23. The van der Waals surface area contributed by atoms with Crippen LogP contribution in [0.25, 0.3) is 5.69 Å². The number of carbonyl (C=O) groups is 1. The molecule has 21 heavy (non-hydrogen) atoms. The maximum Gasteiger partial charge on any atom is 0.345 e. The van der Waals surface area contributed by atoms with Crippen molar-refractivity contribution in [3.05, 3.63) is 35.6 Å². The van der Waals surface area contributed by atoms with E-state index in [4.69, 9.17) is 10.5 Å². The summed E-state index contributed by atoms with van der Waals surface area (Å²) >= 11 is 0. The van der Waals surface area contributed by atoms with Crippen LogP contribution in [-0.2, 0) is 4.74 Å². The van der Waals surface area contributed by atoms with Gasteiger partial charge in [-0.05, 0) is 37.1 Å². The molecule has 0 atom stereocenters. The largest absolute Gasteiger partial charge is 0.465 e. The predicted molar refractivity (Wildman–Crippen MR) is 75.9 cm³/mol. The number of nitrogens with zero attached hydrogens (tertiary/aromatic N) is 2. The number of carbonyl (C=O) groups excluding carboxylic acids is 1. The molecular weight excluding hydrogens is 275 g/mol. The van der Waals surface area contributed by atoms with Crippen LogP contribution in [0.2, 0.25) is 0 Å². The van der Waals surface area contributed by atoms with Crippen LogP contribution in [0.3, 0.4) is 0 Å². The van der Waals surface area contributed by atoms with Crippen molar-refractivity contribution in [1.29, 1.82) is 0 Å². The van der Waals surface area contributed by atoms with E-state index in [1.807, 2.05) is 0 Å². The highest BCUT2D eigenvalue weighted by atomic mass is 19.1. The lowest BCUT2D eigenvalue weighted by molar-refractivity contribution is 0.0603. The highest BCUT2D eigenvalue weighted by molar-refractivity contribution is 6.00. The molecule has 1 fully saturated rings. The zero-order chi connectivity index (χ0) is 15.0. The molecule has 0 radical (unpaired) electrons. The Kier molecular flexibility index (Phi) is 3.25. The summed E-state index contributed by atoms with van der Waals surface area (Å²) in [4.78, 5) is 11.9. The Balaban J connectivity index is 2.06. The van der Waals surface area contributed by atoms with Crippen LogP contribution in [-0.4, -0.2) is 28.9 Å². The number of nitrogens with two attached hydrogens (primary N) is 1. The van der Waals surface area contributed by atoms with Gasteiger partial charge in [-0.25, -0.2) is 13.9 Å². The molecule has 110 valence electrons. The normalized spacial score (nSPS) is 14.0. The smallest absolute Gasteiger partial charge is 0.345 e. The van der Waals surface area contributed by atoms with Crippen LogP contribution in [0.15, 0.2) is 24.3 Å². The Bertz CT molecular complexity index is 677. The minimum absolute atomic E-state index is 0.164. The Morgan fingerprint density at radius 3 is 2.67 bits per heavy atom. The van der Waals surface area contributed by atoms with Crippen LogP contribution >= 0.6 is 0 Å². The average molecular weight is 290 g/mol. The summed E-state index contributed by atoms with van der Waals surface area (Å²) < 4.78 is 19.2. The van der Waals surface area contributed by atoms with Crippen LogP contribution in [0, 0.1) is 5.82 Å². The molecule has 3 N–H and O–H groups in total. The monoisotopic (exact) mass is 290 g/mol. The van der Waals surface area contributed by atoms with Gasteiger partial charge in [-0.2, -0.15) is 0 Å². The van der Waals surface area contributed by atoms with E-state index in [0.717, 1.165) is 12.8 Å². The van der Waals surface area contributed by atoms with Crippen LogP contribution in [0.1, 0.15) is 23.2 Å². The number of nitrogen functional groups attached to an aromatic ring is 1. The number of hydrogen-bond donors (Lipinski definition) is 2. The number of anilines is 2. The molecule has 0 aliphatic heterocycles. The van der Waals surface area contributed by atoms with Crippen molar-refractivity contribution in [3.8, 4) is 5.69 Å². The molecule has 2 aromatic rings. The summed E-state index contributed by atoms with van der Waals surface area (Å²) in [6, 6.07) is 6.01. The maximum absolute atomic E-state index is 13.0. The fourth-order valence-corrected chi connectivity index (χ4v) is 2.04. The molecule has 1 heterocycles. The van der Waals surface area contributed by atoms with Gasteiger partial charge < -0.3 is 15.8 Å². The van der Waals surface area contributed by atoms with E-state index in [9.17, 15) is 9.18 Å². The second kappa shape index (κ2) is 5.08. The van der Waals surface area contributed by atoms with Crippen LogP contribution < -0.4 is 11.1 Å². The Morgan fingerprint density at radius 2 is 2.10 bits per heavy atom. The molecule has 0 spiro atoms. The summed E-state index contributed by atoms with van der Waals surface area (Å²) in [6.45, 7) is 0. The van der Waals surface area contributed by atoms with E-state index in [1.54, 1.807) is 12.1 Å². The quantitative estimate of drug-likeness (QED) is 0.841. The van der Waals surface area contributed by atoms with Crippen molar-refractivity contribution < 1.29 is 13.9 Å². The number of hydrogen-bond acceptors (Lipinski definition) is 5. The molecule has 1 aliphatic rings. The number of methoxy groups -OCH3 is 1. The van der Waals surface area contributed by atoms with Gasteiger partial charge in [0.1, 0.15) is 17.2 Å². The summed E-state index contributed by atoms with van der Waals surface area (Å²) in [5.41, 5.74) is 6.79. The Labute approximate surface area is 120 Å². The Hall–Kier alpha value is -2.57. The molecule has 7 heteroatoms. The molecule has 0 saturated heterocycles. The molecule has 1 aliphatic carbocycles. The Morgan fingerprint density at radius 1 is 1.43 bits per heavy atom. The fraction of sp³-hybridized carbons (Fsp3) is 0.286. The third-order valence-electron chi connectivity index (χ3n) is 3.30. The maximum atomic E-state index is 13.0. The van der Waals surface area contributed by atoms with Crippen molar-refractivity contribution >= 4 is 17.6 Å². The first-order valence-corrected chi connectivity index (χ1v) is 6.59. The van der Waals surface area contributed by atoms with Gasteiger partial charge in [-0.1, -0.05) is 0 Å². The van der Waals surface area contributed by atoms with Gasteiger partial charge in [0, 0.05) is 6.04 Å². The van der Waals surface area contributed by atoms with E-state index in [0.29, 0.717) is 17.5 Å². The minimum atomic E-state index is -0.552. The van der Waals surface area contributed by atoms with Crippen molar-refractivity contribution in [2.75, 3.05) is 18.2 Å². The molecular formula is C14H15FN4O2. The lowest BCUT2D eigenvalue weighted by atomic mass is 10.3. The second-order valence-electron chi connectivity index (χ2n) is 4.91. The van der Waals surface area contributed by atoms with E-state index < -0.39 is 5.97 Å². The molecule has 1 saturated carbocycles. The van der Waals surface area contributed by atoms with Crippen LogP contribution in [0.5, 0.6) is 0 Å². The third-order valence-corrected chi connectivity index (χ3v) is 3.30. The first-order chi connectivity index (χ1) is 10.1. The topological polar surface area (TPSA) is 82.2 Å². The van der Waals surface area contributed by atoms with Crippen molar-refractivity contribution in [1.82, 2.24) is 9.78 Å². The lowest BCUT2D eigenvalue weighted by Crippen LogP contribution is -2.10. The van der Waals surface area contributed by atoms with Gasteiger partial charge in [0.2, 0.25) is 0 Å². The number of halogens is 1. The van der Waals surface area contributed by atoms with Gasteiger partial charge in [0.15, 0.2) is 5.82 Å². The highest BCUT2D eigenvalue weighted by Crippen LogP contribution is 2.30. The third kappa shape index (κ3) is 2.54. The first kappa shape index (κ1) is 13.4. The number of esters is 1. The summed E-state index contributed by atoms with van der Waals surface area (Å²) in [6.07, 6.45) is 2.06. The number of ether oxygens (including phenoxy) is 1. The lowest BCUT2D eigenvalue weighted by Gasteiger charge is -2.04. The molecule has 3 rings (SSSR count). The standard InChI is InChI=1S/C14H15FN4O2/c1-21-14(20)11-12(16)19(10-6-2-8(15)3-7-10)18-13(11)17-9-4-5-9/h2-3,6-7,9H,4-5,16H2,1H3,(H,17,18). The predicted octanol–water partition coefficient (Wildman–Crippen LogP) is 1.95. The fourth-order valence-electron chi connectivity index (χ4n) is 2.04. The minimum Gasteiger partial charge on any atom is -0.465 e. The molecule has 6 nitrogen and oxygen atoms in total. The molecule has 1 aromatic heterocycles. The van der Waals surface area contributed by atoms with E-state index in [-0.39, 0.29) is 17.2 Å². The number of benzene rings is 1. The first-order valence-electron chi connectivity index (χ1n) is 6.59. The summed E-state index contributed by atoms with van der Waals surface area (Å²) in [7, 11) is 1.29. The summed E-state index contributed by atoms with van der Waals surface area (Å²) in [5, 5.41) is 7.47. The number of nitrogens with one attached hydrogen (secondary N) is 1. The number of rotatable bonds is 4. The number of aromatic nitrogens is 2. The summed E-state index contributed by atoms with van der Waals surface area (Å²) in [5.74, 6) is -0.346. The molecule has 0 amide bonds. The van der Waals surface area contributed by atoms with E-state index in [2.05, 4.69) is 10.4 Å². The van der Waals surface area contributed by atoms with Gasteiger partial charge >= 0.3 is 5.97 Å². The molecule has 1 aromatic carbocycles. The van der Waals surface area contributed by atoms with Crippen molar-refractivity contribution in [2.45, 2.75) is 18.9 Å². The van der Waals surface area contributed by atoms with Gasteiger partial charge in [-0.3, -0.25) is 0 Å². The van der Waals surface area contributed by atoms with Crippen molar-refractivity contribution in [3.63, 3.8) is 0 Å². The SMILES string of the molecule is COC(=O)c1c(NC2CC2)nn(-c2ccc(F)cc2)c1N. The zero-order valence-corrected chi connectivity index (χ0v) is 11.5.